The van der Waals surface area contributed by atoms with Gasteiger partial charge in [-0.2, -0.15) is 5.10 Å². The average Bonchev–Trinajstić information content (AvgIpc) is 2.48. The third-order valence-electron chi connectivity index (χ3n) is 3.05. The Morgan fingerprint density at radius 2 is 1.90 bits per heavy atom. The van der Waals surface area contributed by atoms with Gasteiger partial charge in [-0.15, -0.1) is 0 Å². The van der Waals surface area contributed by atoms with Gasteiger partial charge >= 0.3 is 0 Å². The van der Waals surface area contributed by atoms with Crippen molar-refractivity contribution in [2.45, 2.75) is 19.8 Å². The highest BCUT2D eigenvalue weighted by Gasteiger charge is 2.01. The molecule has 1 amide bonds. The minimum absolute atomic E-state index is 0.110. The zero-order valence-corrected chi connectivity index (χ0v) is 14.0. The van der Waals surface area contributed by atoms with Crippen molar-refractivity contribution in [3.63, 3.8) is 0 Å². The molecule has 0 fully saturated rings. The van der Waals surface area contributed by atoms with Gasteiger partial charge in [-0.25, -0.2) is 5.43 Å². The molecule has 3 nitrogen and oxygen atoms in total. The Labute approximate surface area is 138 Å². The molecule has 0 aromatic heterocycles. The van der Waals surface area contributed by atoms with E-state index < -0.39 is 0 Å². The van der Waals surface area contributed by atoms with E-state index in [1.54, 1.807) is 6.21 Å². The highest BCUT2D eigenvalue weighted by atomic mass is 127. The van der Waals surface area contributed by atoms with Crippen LogP contribution in [0.2, 0.25) is 0 Å². The second-order valence-corrected chi connectivity index (χ2v) is 5.94. The van der Waals surface area contributed by atoms with Crippen molar-refractivity contribution in [1.29, 1.82) is 0 Å². The molecule has 2 aromatic carbocycles. The summed E-state index contributed by atoms with van der Waals surface area (Å²) in [4.78, 5) is 11.8. The molecular weight excluding hydrogens is 375 g/mol. The normalized spacial score (nSPS) is 10.8. The van der Waals surface area contributed by atoms with Crippen molar-refractivity contribution in [3.8, 4) is 0 Å². The van der Waals surface area contributed by atoms with E-state index in [0.29, 0.717) is 6.42 Å². The Bertz CT molecular complexity index is 635. The fraction of sp³-hybridized carbons (Fsp3) is 0.176. The third-order valence-corrected chi connectivity index (χ3v) is 3.72. The van der Waals surface area contributed by atoms with Crippen molar-refractivity contribution in [1.82, 2.24) is 5.43 Å². The number of amides is 1. The lowest BCUT2D eigenvalue weighted by atomic mass is 10.1. The molecule has 0 aliphatic heterocycles. The molecule has 108 valence electrons. The standard InChI is InChI=1S/C17H17IN2O/c1-2-13-6-8-14(9-7-13)11-17(21)20-19-12-15-4-3-5-16(18)10-15/h3-10,12H,2,11H2,1H3,(H,20,21)/b19-12+. The maximum Gasteiger partial charge on any atom is 0.244 e. The van der Waals surface area contributed by atoms with Crippen molar-refractivity contribution < 1.29 is 4.79 Å². The van der Waals surface area contributed by atoms with Crippen LogP contribution < -0.4 is 5.43 Å². The van der Waals surface area contributed by atoms with E-state index in [0.717, 1.165) is 21.1 Å². The quantitative estimate of drug-likeness (QED) is 0.472. The van der Waals surface area contributed by atoms with E-state index in [-0.39, 0.29) is 5.91 Å². The van der Waals surface area contributed by atoms with Gasteiger partial charge in [0.25, 0.3) is 0 Å². The van der Waals surface area contributed by atoms with Gasteiger partial charge in [-0.05, 0) is 57.8 Å². The largest absolute Gasteiger partial charge is 0.273 e. The second kappa shape index (κ2) is 7.93. The monoisotopic (exact) mass is 392 g/mol. The summed E-state index contributed by atoms with van der Waals surface area (Å²) in [5.74, 6) is -0.110. The lowest BCUT2D eigenvalue weighted by molar-refractivity contribution is -0.120. The Balaban J connectivity index is 1.86. The fourth-order valence-corrected chi connectivity index (χ4v) is 2.45. The third kappa shape index (κ3) is 5.30. The average molecular weight is 392 g/mol. The Hall–Kier alpha value is -1.69. The molecule has 0 aliphatic carbocycles. The summed E-state index contributed by atoms with van der Waals surface area (Å²) in [6, 6.07) is 16.0. The molecule has 0 aliphatic rings. The highest BCUT2D eigenvalue weighted by Crippen LogP contribution is 2.06. The Kier molecular flexibility index (Phi) is 5.92. The number of nitrogens with zero attached hydrogens (tertiary/aromatic N) is 1. The molecule has 0 atom stereocenters. The van der Waals surface area contributed by atoms with Gasteiger partial charge in [-0.1, -0.05) is 43.3 Å². The predicted molar refractivity (Wildman–Crippen MR) is 94.4 cm³/mol. The summed E-state index contributed by atoms with van der Waals surface area (Å²) in [7, 11) is 0. The molecule has 0 unspecified atom stereocenters. The molecule has 0 heterocycles. The first-order chi connectivity index (χ1) is 10.2. The van der Waals surface area contributed by atoms with Crippen LogP contribution in [0.1, 0.15) is 23.6 Å². The maximum absolute atomic E-state index is 11.8. The molecule has 0 saturated carbocycles. The molecule has 0 bridgehead atoms. The fourth-order valence-electron chi connectivity index (χ4n) is 1.88. The predicted octanol–water partition coefficient (Wildman–Crippen LogP) is 3.55. The molecule has 0 saturated heterocycles. The van der Waals surface area contributed by atoms with Crippen LogP contribution in [0.5, 0.6) is 0 Å². The molecule has 2 aromatic rings. The van der Waals surface area contributed by atoms with Gasteiger partial charge < -0.3 is 0 Å². The van der Waals surface area contributed by atoms with E-state index in [2.05, 4.69) is 52.2 Å². The maximum atomic E-state index is 11.8. The van der Waals surface area contributed by atoms with Crippen molar-refractivity contribution >= 4 is 34.7 Å². The first kappa shape index (κ1) is 15.7. The number of carbonyl (C=O) groups is 1. The molecule has 2 rings (SSSR count). The zero-order valence-electron chi connectivity index (χ0n) is 11.8. The van der Waals surface area contributed by atoms with Crippen LogP contribution in [0.4, 0.5) is 0 Å². The number of hydrogen-bond acceptors (Lipinski definition) is 2. The molecule has 0 radical (unpaired) electrons. The minimum Gasteiger partial charge on any atom is -0.273 e. The summed E-state index contributed by atoms with van der Waals surface area (Å²) in [5.41, 5.74) is 5.79. The zero-order chi connectivity index (χ0) is 15.1. The van der Waals surface area contributed by atoms with E-state index >= 15 is 0 Å². The van der Waals surface area contributed by atoms with Crippen LogP contribution in [-0.4, -0.2) is 12.1 Å². The summed E-state index contributed by atoms with van der Waals surface area (Å²) in [6.45, 7) is 2.11. The van der Waals surface area contributed by atoms with Gasteiger partial charge in [0.15, 0.2) is 0 Å². The van der Waals surface area contributed by atoms with Crippen LogP contribution in [0.3, 0.4) is 0 Å². The first-order valence-electron chi connectivity index (χ1n) is 6.82. The van der Waals surface area contributed by atoms with Crippen molar-refractivity contribution in [3.05, 3.63) is 68.8 Å². The van der Waals surface area contributed by atoms with Gasteiger partial charge in [-0.3, -0.25) is 4.79 Å². The number of aryl methyl sites for hydroxylation is 1. The smallest absolute Gasteiger partial charge is 0.244 e. The van der Waals surface area contributed by atoms with E-state index in [4.69, 9.17) is 0 Å². The molecule has 0 spiro atoms. The van der Waals surface area contributed by atoms with Crippen LogP contribution in [-0.2, 0) is 17.6 Å². The van der Waals surface area contributed by atoms with Crippen LogP contribution in [0.15, 0.2) is 53.6 Å². The number of benzene rings is 2. The van der Waals surface area contributed by atoms with Crippen molar-refractivity contribution in [2.24, 2.45) is 5.10 Å². The van der Waals surface area contributed by atoms with Gasteiger partial charge in [0.2, 0.25) is 5.91 Å². The van der Waals surface area contributed by atoms with E-state index in [9.17, 15) is 4.79 Å². The number of carbonyl (C=O) groups excluding carboxylic acids is 1. The first-order valence-corrected chi connectivity index (χ1v) is 7.90. The molecule has 1 N–H and O–H groups in total. The van der Waals surface area contributed by atoms with E-state index in [1.807, 2.05) is 36.4 Å². The van der Waals surface area contributed by atoms with Gasteiger partial charge in [0.05, 0.1) is 12.6 Å². The lowest BCUT2D eigenvalue weighted by Crippen LogP contribution is -2.19. The lowest BCUT2D eigenvalue weighted by Gasteiger charge is -2.02. The number of hydrazone groups is 1. The Morgan fingerprint density at radius 1 is 1.19 bits per heavy atom. The molecular formula is C17H17IN2O. The van der Waals surface area contributed by atoms with Gasteiger partial charge in [0.1, 0.15) is 0 Å². The summed E-state index contributed by atoms with van der Waals surface area (Å²) in [5, 5.41) is 3.98. The minimum atomic E-state index is -0.110. The number of halogens is 1. The van der Waals surface area contributed by atoms with Crippen LogP contribution in [0.25, 0.3) is 0 Å². The summed E-state index contributed by atoms with van der Waals surface area (Å²) in [6.07, 6.45) is 3.00. The number of rotatable bonds is 5. The topological polar surface area (TPSA) is 41.5 Å². The highest BCUT2D eigenvalue weighted by molar-refractivity contribution is 14.1. The van der Waals surface area contributed by atoms with Crippen molar-refractivity contribution in [2.75, 3.05) is 0 Å². The van der Waals surface area contributed by atoms with E-state index in [1.165, 1.54) is 5.56 Å². The molecule has 4 heteroatoms. The SMILES string of the molecule is CCc1ccc(CC(=O)N/N=C/c2cccc(I)c2)cc1. The number of nitrogens with one attached hydrogen (secondary N) is 1. The Morgan fingerprint density at radius 3 is 2.57 bits per heavy atom. The summed E-state index contributed by atoms with van der Waals surface area (Å²) >= 11 is 2.24. The van der Waals surface area contributed by atoms with Crippen LogP contribution >= 0.6 is 22.6 Å². The molecule has 21 heavy (non-hydrogen) atoms. The van der Waals surface area contributed by atoms with Gasteiger partial charge in [0, 0.05) is 3.57 Å². The van der Waals surface area contributed by atoms with Crippen LogP contribution in [0, 0.1) is 3.57 Å². The second-order valence-electron chi connectivity index (χ2n) is 4.70. The summed E-state index contributed by atoms with van der Waals surface area (Å²) < 4.78 is 1.14. The number of hydrogen-bond donors (Lipinski definition) is 1.